The van der Waals surface area contributed by atoms with Crippen LogP contribution in [0.15, 0.2) is 97.2 Å². The number of unbranched alkanes of at least 4 members (excludes halogenated alkanes) is 47. The van der Waals surface area contributed by atoms with E-state index in [-0.39, 0.29) is 18.9 Å². The zero-order valence-electron chi connectivity index (χ0n) is 73.0. The summed E-state index contributed by atoms with van der Waals surface area (Å²) < 4.78 is 34.5. The Morgan fingerprint density at radius 3 is 0.966 bits per heavy atom. The summed E-state index contributed by atoms with van der Waals surface area (Å²) in [4.78, 5) is 13.5. The third kappa shape index (κ3) is 52.9. The molecular weight excluding hydrogens is 1470 g/mol. The van der Waals surface area contributed by atoms with Crippen LogP contribution in [-0.2, 0) is 33.2 Å². The van der Waals surface area contributed by atoms with E-state index in [0.29, 0.717) is 12.8 Å². The zero-order chi connectivity index (χ0) is 83.8. The second kappa shape index (κ2) is 75.5. The van der Waals surface area contributed by atoms with Crippen molar-refractivity contribution in [3.8, 4) is 0 Å². The Bertz CT molecular complexity index is 2470. The van der Waals surface area contributed by atoms with Gasteiger partial charge in [-0.3, -0.25) is 4.79 Å². The van der Waals surface area contributed by atoms with E-state index in [0.717, 1.165) is 77.0 Å². The van der Waals surface area contributed by atoms with Crippen molar-refractivity contribution < 1.29 is 89.4 Å². The largest absolute Gasteiger partial charge is 0.394 e. The van der Waals surface area contributed by atoms with Gasteiger partial charge in [0.25, 0.3) is 0 Å². The van der Waals surface area contributed by atoms with Crippen molar-refractivity contribution in [3.05, 3.63) is 97.2 Å². The van der Waals surface area contributed by atoms with E-state index in [4.69, 9.17) is 28.4 Å². The lowest BCUT2D eigenvalue weighted by Gasteiger charge is -2.48. The number of carbonyl (C=O) groups excluding carboxylic acids is 1. The molecule has 17 unspecified atom stereocenters. The molecular formula is C97H173NO18. The molecule has 0 spiro atoms. The van der Waals surface area contributed by atoms with Crippen LogP contribution in [0.1, 0.15) is 380 Å². The van der Waals surface area contributed by atoms with Crippen LogP contribution in [0.5, 0.6) is 0 Å². The average Bonchev–Trinajstić information content (AvgIpc) is 0.779. The molecule has 19 heteroatoms. The van der Waals surface area contributed by atoms with Crippen LogP contribution in [0.2, 0.25) is 0 Å². The molecule has 3 aliphatic heterocycles. The number of nitrogens with one attached hydrogen (secondary N) is 1. The summed E-state index contributed by atoms with van der Waals surface area (Å²) in [6, 6.07) is -0.996. The monoisotopic (exact) mass is 1640 g/mol. The lowest BCUT2D eigenvalue weighted by Crippen LogP contribution is -2.66. The number of hydrogen-bond donors (Lipinski definition) is 12. The predicted molar refractivity (Wildman–Crippen MR) is 471 cm³/mol. The molecule has 0 aromatic rings. The van der Waals surface area contributed by atoms with E-state index in [9.17, 15) is 61.0 Å². The summed E-state index contributed by atoms with van der Waals surface area (Å²) >= 11 is 0. The lowest BCUT2D eigenvalue weighted by atomic mass is 9.96. The van der Waals surface area contributed by atoms with Gasteiger partial charge in [0.05, 0.1) is 38.6 Å². The molecule has 3 saturated heterocycles. The minimum atomic E-state index is -1.98. The quantitative estimate of drug-likeness (QED) is 0.0199. The van der Waals surface area contributed by atoms with Crippen LogP contribution in [0.3, 0.4) is 0 Å². The third-order valence-corrected chi connectivity index (χ3v) is 23.1. The van der Waals surface area contributed by atoms with Gasteiger partial charge in [0, 0.05) is 6.42 Å². The van der Waals surface area contributed by atoms with Gasteiger partial charge >= 0.3 is 0 Å². The van der Waals surface area contributed by atoms with E-state index in [1.165, 1.54) is 270 Å². The highest BCUT2D eigenvalue weighted by Gasteiger charge is 2.54. The summed E-state index contributed by atoms with van der Waals surface area (Å²) in [7, 11) is 0. The van der Waals surface area contributed by atoms with E-state index in [1.54, 1.807) is 6.08 Å². The van der Waals surface area contributed by atoms with Crippen LogP contribution in [-0.4, -0.2) is 193 Å². The van der Waals surface area contributed by atoms with Crippen molar-refractivity contribution >= 4 is 5.91 Å². The molecule has 3 aliphatic rings. The Morgan fingerprint density at radius 1 is 0.319 bits per heavy atom. The van der Waals surface area contributed by atoms with Gasteiger partial charge in [-0.2, -0.15) is 0 Å². The molecule has 17 atom stereocenters. The van der Waals surface area contributed by atoms with Crippen molar-refractivity contribution in [1.82, 2.24) is 5.32 Å². The molecule has 12 N–H and O–H groups in total. The van der Waals surface area contributed by atoms with Gasteiger partial charge in [-0.1, -0.05) is 387 Å². The topological polar surface area (TPSA) is 307 Å². The summed E-state index contributed by atoms with van der Waals surface area (Å²) in [5.74, 6) is -0.281. The fraction of sp³-hybridized carbons (Fsp3) is 0.825. The molecule has 116 heavy (non-hydrogen) atoms. The lowest BCUT2D eigenvalue weighted by molar-refractivity contribution is -0.379. The first-order chi connectivity index (χ1) is 56.8. The Balaban J connectivity index is 1.31. The number of hydrogen-bond acceptors (Lipinski definition) is 18. The summed E-state index contributed by atoms with van der Waals surface area (Å²) in [6.07, 6.45) is 78.6. The number of aliphatic hydroxyl groups excluding tert-OH is 11. The molecule has 0 aromatic carbocycles. The fourth-order valence-electron chi connectivity index (χ4n) is 15.6. The van der Waals surface area contributed by atoms with Crippen LogP contribution < -0.4 is 5.32 Å². The molecule has 19 nitrogen and oxygen atoms in total. The molecule has 0 saturated carbocycles. The number of carbonyl (C=O) groups is 1. The van der Waals surface area contributed by atoms with Gasteiger partial charge in [-0.15, -0.1) is 0 Å². The Labute approximate surface area is 704 Å². The van der Waals surface area contributed by atoms with E-state index < -0.39 is 124 Å². The molecule has 3 heterocycles. The predicted octanol–water partition coefficient (Wildman–Crippen LogP) is 19.0. The van der Waals surface area contributed by atoms with Gasteiger partial charge in [0.1, 0.15) is 73.2 Å². The van der Waals surface area contributed by atoms with Gasteiger partial charge in [-0.05, 0) is 83.5 Å². The van der Waals surface area contributed by atoms with Crippen LogP contribution in [0.25, 0.3) is 0 Å². The highest BCUT2D eigenvalue weighted by atomic mass is 16.8. The third-order valence-electron chi connectivity index (χ3n) is 23.1. The first kappa shape index (κ1) is 107. The van der Waals surface area contributed by atoms with Crippen molar-refractivity contribution in [1.29, 1.82) is 0 Å². The van der Waals surface area contributed by atoms with Gasteiger partial charge in [0.15, 0.2) is 18.9 Å². The van der Waals surface area contributed by atoms with Crippen molar-refractivity contribution in [2.75, 3.05) is 26.4 Å². The average molecular weight is 1640 g/mol. The number of ether oxygens (including phenoxy) is 6. The minimum absolute atomic E-state index is 0.235. The molecule has 0 aromatic heterocycles. The smallest absolute Gasteiger partial charge is 0.220 e. The highest BCUT2D eigenvalue weighted by Crippen LogP contribution is 2.34. The number of rotatable bonds is 77. The maximum Gasteiger partial charge on any atom is 0.220 e. The van der Waals surface area contributed by atoms with E-state index in [2.05, 4.69) is 104 Å². The molecule has 3 rings (SSSR count). The molecule has 0 radical (unpaired) electrons. The van der Waals surface area contributed by atoms with Gasteiger partial charge in [-0.25, -0.2) is 0 Å². The van der Waals surface area contributed by atoms with E-state index >= 15 is 0 Å². The van der Waals surface area contributed by atoms with E-state index in [1.807, 2.05) is 6.08 Å². The van der Waals surface area contributed by atoms with Crippen molar-refractivity contribution in [2.24, 2.45) is 0 Å². The molecule has 0 bridgehead atoms. The van der Waals surface area contributed by atoms with Crippen molar-refractivity contribution in [2.45, 2.75) is 484 Å². The molecule has 1 amide bonds. The summed E-state index contributed by atoms with van der Waals surface area (Å²) in [5.41, 5.74) is 0. The first-order valence-corrected chi connectivity index (χ1v) is 47.5. The van der Waals surface area contributed by atoms with Gasteiger partial charge < -0.3 is 89.9 Å². The fourth-order valence-corrected chi connectivity index (χ4v) is 15.6. The molecule has 674 valence electrons. The second-order valence-electron chi connectivity index (χ2n) is 33.4. The van der Waals surface area contributed by atoms with Crippen LogP contribution in [0, 0.1) is 0 Å². The standard InChI is InChI=1S/C97H173NO18/c1-3-5-7-9-11-13-15-17-19-21-23-25-27-29-31-33-35-37-38-39-40-41-42-43-45-47-49-51-53-55-57-59-61-63-65-67-69-71-73-75-85(103)98-80(81(102)74-72-70-68-66-64-62-60-58-56-54-52-50-48-46-44-36-34-32-30-28-26-24-22-20-18-16-14-12-10-8-6-4-2)79-111-95-91(109)88(106)93(83(77-100)113-95)116-97-92(110)89(107)94(84(78-101)114-97)115-96-90(108)87(105)86(104)82(76-99)112-96/h5,7,11,13,17,19,23,25,29,31,35,37,64,66,72,74,80-84,86-97,99-102,104-110H,3-4,6,8-10,12,14-16,18,20-22,24,26-28,30,32-34,36,38-63,65,67-71,73,75-79H2,1-2H3,(H,98,103)/b7-5-,13-11-,19-17-,25-23-,31-29-,37-35-,66-64+,74-72+. The minimum Gasteiger partial charge on any atom is -0.394 e. The Morgan fingerprint density at radius 2 is 0.603 bits per heavy atom. The maximum absolute atomic E-state index is 13.5. The molecule has 0 aliphatic carbocycles. The van der Waals surface area contributed by atoms with Crippen LogP contribution >= 0.6 is 0 Å². The Hall–Kier alpha value is -3.29. The summed E-state index contributed by atoms with van der Waals surface area (Å²) in [5, 5.41) is 121. The van der Waals surface area contributed by atoms with Crippen LogP contribution in [0.4, 0.5) is 0 Å². The highest BCUT2D eigenvalue weighted by molar-refractivity contribution is 5.76. The second-order valence-corrected chi connectivity index (χ2v) is 33.4. The Kier molecular flexibility index (Phi) is 69.5. The SMILES string of the molecule is CC/C=C\C/C=C\C/C=C\C/C=C\C/C=C\C/C=C\CCCCCCCCCCCCCCCCCCCCCCC(=O)NC(COC1OC(CO)C(OC2OC(CO)C(OC3OC(CO)C(O)C(O)C3O)C(O)C2O)C(O)C1O)C(O)/C=C/CC/C=C/CCCCCCCCCCCCCCCCCCCCCCCCCCCC. The normalized spacial score (nSPS) is 24.9. The van der Waals surface area contributed by atoms with Crippen molar-refractivity contribution in [3.63, 3.8) is 0 Å². The number of amides is 1. The molecule has 3 fully saturated rings. The number of allylic oxidation sites excluding steroid dienone is 15. The first-order valence-electron chi connectivity index (χ1n) is 47.5. The zero-order valence-corrected chi connectivity index (χ0v) is 73.0. The van der Waals surface area contributed by atoms with Gasteiger partial charge in [0.2, 0.25) is 5.91 Å². The maximum atomic E-state index is 13.5. The summed E-state index contributed by atoms with van der Waals surface area (Å²) in [6.45, 7) is 1.66. The number of aliphatic hydroxyl groups is 11.